The van der Waals surface area contributed by atoms with Crippen molar-refractivity contribution in [3.05, 3.63) is 86.6 Å². The molecule has 0 radical (unpaired) electrons. The predicted molar refractivity (Wildman–Crippen MR) is 122 cm³/mol. The summed E-state index contributed by atoms with van der Waals surface area (Å²) in [5, 5.41) is 12.4. The average Bonchev–Trinajstić information content (AvgIpc) is 2.73. The second kappa shape index (κ2) is 10.5. The number of carboxylic acid groups (broad SMARTS) is 1. The summed E-state index contributed by atoms with van der Waals surface area (Å²) < 4.78 is 26.1. The van der Waals surface area contributed by atoms with E-state index < -0.39 is 5.97 Å². The largest absolute Gasteiger partial charge is 0.490 e. The van der Waals surface area contributed by atoms with Gasteiger partial charge in [0, 0.05) is 17.8 Å². The number of carboxylic acids is 1. The van der Waals surface area contributed by atoms with Crippen LogP contribution in [-0.2, 0) is 13.2 Å². The second-order valence-corrected chi connectivity index (χ2v) is 7.83. The van der Waals surface area contributed by atoms with Crippen molar-refractivity contribution in [2.24, 2.45) is 0 Å². The number of hydrogen-bond acceptors (Lipinski definition) is 4. The van der Waals surface area contributed by atoms with Gasteiger partial charge in [-0.25, -0.2) is 9.18 Å². The van der Waals surface area contributed by atoms with Crippen molar-refractivity contribution < 1.29 is 23.8 Å². The highest BCUT2D eigenvalue weighted by Gasteiger charge is 2.14. The number of hydrogen-bond donors (Lipinski definition) is 2. The van der Waals surface area contributed by atoms with Crippen LogP contribution in [0.3, 0.4) is 0 Å². The lowest BCUT2D eigenvalue weighted by Crippen LogP contribution is -2.05. The van der Waals surface area contributed by atoms with Gasteiger partial charge < -0.3 is 19.9 Å². The molecule has 3 aromatic carbocycles. The highest BCUT2D eigenvalue weighted by atomic mass is 79.9. The van der Waals surface area contributed by atoms with Crippen molar-refractivity contribution in [2.75, 3.05) is 11.9 Å². The Morgan fingerprint density at radius 2 is 1.94 bits per heavy atom. The van der Waals surface area contributed by atoms with Gasteiger partial charge in [-0.05, 0) is 64.8 Å². The van der Waals surface area contributed by atoms with Crippen LogP contribution < -0.4 is 14.8 Å². The van der Waals surface area contributed by atoms with E-state index in [1.54, 1.807) is 30.3 Å². The quantitative estimate of drug-likeness (QED) is 0.344. The number of nitrogens with one attached hydrogen (secondary N) is 1. The van der Waals surface area contributed by atoms with Crippen molar-refractivity contribution in [3.8, 4) is 11.5 Å². The van der Waals surface area contributed by atoms with Crippen LogP contribution in [0.15, 0.2) is 59.1 Å². The molecule has 0 amide bonds. The molecule has 0 saturated heterocycles. The minimum Gasteiger partial charge on any atom is -0.490 e. The Labute approximate surface area is 192 Å². The molecule has 5 nitrogen and oxygen atoms in total. The predicted octanol–water partition coefficient (Wildman–Crippen LogP) is 6.53. The fourth-order valence-corrected chi connectivity index (χ4v) is 3.76. The Morgan fingerprint density at radius 1 is 1.16 bits per heavy atom. The smallest absolute Gasteiger partial charge is 0.337 e. The second-order valence-electron chi connectivity index (χ2n) is 6.57. The summed E-state index contributed by atoms with van der Waals surface area (Å²) in [4.78, 5) is 11.1. The van der Waals surface area contributed by atoms with Crippen LogP contribution in [0.4, 0.5) is 10.1 Å². The van der Waals surface area contributed by atoms with Gasteiger partial charge in [-0.15, -0.1) is 0 Å². The van der Waals surface area contributed by atoms with E-state index in [2.05, 4.69) is 21.2 Å². The van der Waals surface area contributed by atoms with Crippen LogP contribution in [0.2, 0.25) is 5.02 Å². The summed E-state index contributed by atoms with van der Waals surface area (Å²) in [5.74, 6) is -0.384. The van der Waals surface area contributed by atoms with E-state index in [4.69, 9.17) is 26.2 Å². The van der Waals surface area contributed by atoms with Gasteiger partial charge in [0.05, 0.1) is 21.7 Å². The zero-order valence-electron chi connectivity index (χ0n) is 16.6. The van der Waals surface area contributed by atoms with Crippen LogP contribution in [0.25, 0.3) is 0 Å². The first-order valence-corrected chi connectivity index (χ1v) is 10.6. The van der Waals surface area contributed by atoms with Crippen molar-refractivity contribution in [2.45, 2.75) is 20.1 Å². The molecule has 3 rings (SSSR count). The first-order chi connectivity index (χ1) is 14.9. The molecule has 0 heterocycles. The van der Waals surface area contributed by atoms with Gasteiger partial charge in [-0.3, -0.25) is 0 Å². The number of aromatic carboxylic acids is 1. The molecule has 3 aromatic rings. The normalized spacial score (nSPS) is 10.6. The van der Waals surface area contributed by atoms with Gasteiger partial charge in [-0.2, -0.15) is 0 Å². The minimum atomic E-state index is -1.08. The van der Waals surface area contributed by atoms with E-state index in [1.165, 1.54) is 12.1 Å². The third kappa shape index (κ3) is 5.89. The van der Waals surface area contributed by atoms with E-state index in [0.717, 1.165) is 5.56 Å². The molecule has 0 aliphatic rings. The number of rotatable bonds is 9. The molecule has 8 heteroatoms. The molecule has 0 bridgehead atoms. The highest BCUT2D eigenvalue weighted by molar-refractivity contribution is 9.10. The molecular formula is C23H20BrClFNO4. The topological polar surface area (TPSA) is 67.8 Å². The number of benzene rings is 3. The van der Waals surface area contributed by atoms with Crippen molar-refractivity contribution in [3.63, 3.8) is 0 Å². The van der Waals surface area contributed by atoms with Crippen molar-refractivity contribution in [1.82, 2.24) is 0 Å². The fraction of sp³-hybridized carbons (Fsp3) is 0.174. The SMILES string of the molecule is CCOc1cc(CNc2ccc(C(=O)O)c(Cl)c2)cc(Br)c1OCc1ccccc1F. The molecule has 162 valence electrons. The summed E-state index contributed by atoms with van der Waals surface area (Å²) in [7, 11) is 0. The molecule has 31 heavy (non-hydrogen) atoms. The van der Waals surface area contributed by atoms with E-state index in [0.29, 0.717) is 40.4 Å². The van der Waals surface area contributed by atoms with Gasteiger partial charge >= 0.3 is 5.97 Å². The molecule has 0 fully saturated rings. The first kappa shape index (κ1) is 22.9. The van der Waals surface area contributed by atoms with Crippen LogP contribution >= 0.6 is 27.5 Å². The molecule has 2 N–H and O–H groups in total. The molecule has 0 atom stereocenters. The van der Waals surface area contributed by atoms with Gasteiger partial charge in [-0.1, -0.05) is 29.8 Å². The van der Waals surface area contributed by atoms with Gasteiger partial charge in [0.2, 0.25) is 0 Å². The third-order valence-corrected chi connectivity index (χ3v) is 5.30. The minimum absolute atomic E-state index is 0.0462. The number of anilines is 1. The summed E-state index contributed by atoms with van der Waals surface area (Å²) in [6.07, 6.45) is 0. The maximum absolute atomic E-state index is 13.9. The summed E-state index contributed by atoms with van der Waals surface area (Å²) in [5.41, 5.74) is 2.07. The Bertz CT molecular complexity index is 1090. The molecule has 0 aliphatic heterocycles. The van der Waals surface area contributed by atoms with E-state index in [9.17, 15) is 9.18 Å². The molecule has 0 aliphatic carbocycles. The van der Waals surface area contributed by atoms with Gasteiger partial charge in [0.1, 0.15) is 12.4 Å². The molecule has 0 saturated carbocycles. The first-order valence-electron chi connectivity index (χ1n) is 9.47. The Hall–Kier alpha value is -2.77. The fourth-order valence-electron chi connectivity index (χ4n) is 2.89. The number of carbonyl (C=O) groups is 1. The number of halogens is 3. The molecule has 0 spiro atoms. The van der Waals surface area contributed by atoms with Crippen LogP contribution in [0.5, 0.6) is 11.5 Å². The Morgan fingerprint density at radius 3 is 2.61 bits per heavy atom. The molecular weight excluding hydrogens is 489 g/mol. The highest BCUT2D eigenvalue weighted by Crippen LogP contribution is 2.38. The van der Waals surface area contributed by atoms with Gasteiger partial charge in [0.15, 0.2) is 11.5 Å². The monoisotopic (exact) mass is 507 g/mol. The van der Waals surface area contributed by atoms with Crippen LogP contribution in [-0.4, -0.2) is 17.7 Å². The zero-order valence-corrected chi connectivity index (χ0v) is 19.0. The molecule has 0 aromatic heterocycles. The maximum atomic E-state index is 13.9. The maximum Gasteiger partial charge on any atom is 0.337 e. The van der Waals surface area contributed by atoms with Crippen molar-refractivity contribution >= 4 is 39.2 Å². The third-order valence-electron chi connectivity index (χ3n) is 4.40. The summed E-state index contributed by atoms with van der Waals surface area (Å²) in [6, 6.07) is 14.8. The lowest BCUT2D eigenvalue weighted by Gasteiger charge is -2.16. The van der Waals surface area contributed by atoms with E-state index in [-0.39, 0.29) is 23.0 Å². The lowest BCUT2D eigenvalue weighted by molar-refractivity contribution is 0.0697. The Kier molecular flexibility index (Phi) is 7.76. The average molecular weight is 509 g/mol. The standard InChI is InChI=1S/C23H20BrClFNO4/c1-2-30-21-10-14(12-27-16-7-8-17(23(28)29)19(25)11-16)9-18(24)22(21)31-13-15-5-3-4-6-20(15)26/h3-11,27H,2,12-13H2,1H3,(H,28,29). The van der Waals surface area contributed by atoms with E-state index >= 15 is 0 Å². The zero-order chi connectivity index (χ0) is 22.4. The Balaban J connectivity index is 1.75. The van der Waals surface area contributed by atoms with Crippen molar-refractivity contribution in [1.29, 1.82) is 0 Å². The molecule has 0 unspecified atom stereocenters. The summed E-state index contributed by atoms with van der Waals surface area (Å²) in [6.45, 7) is 2.81. The van der Waals surface area contributed by atoms with Gasteiger partial charge in [0.25, 0.3) is 0 Å². The van der Waals surface area contributed by atoms with E-state index in [1.807, 2.05) is 19.1 Å². The lowest BCUT2D eigenvalue weighted by atomic mass is 10.1. The summed E-state index contributed by atoms with van der Waals surface area (Å²) >= 11 is 9.53. The van der Waals surface area contributed by atoms with Crippen LogP contribution in [0.1, 0.15) is 28.4 Å². The number of ether oxygens (including phenoxy) is 2. The van der Waals surface area contributed by atoms with Crippen LogP contribution in [0, 0.1) is 5.82 Å².